The van der Waals surface area contributed by atoms with Crippen LogP contribution in [0.2, 0.25) is 0 Å². The topological polar surface area (TPSA) is 53.1 Å². The minimum Gasteiger partial charge on any atom is -0.493 e. The highest BCUT2D eigenvalue weighted by molar-refractivity contribution is 5.31. The third-order valence-electron chi connectivity index (χ3n) is 3.98. The van der Waals surface area contributed by atoms with E-state index in [0.29, 0.717) is 23.9 Å². The average molecular weight is 237 g/mol. The van der Waals surface area contributed by atoms with Crippen LogP contribution in [0.25, 0.3) is 0 Å². The molecule has 4 nitrogen and oxygen atoms in total. The van der Waals surface area contributed by atoms with Crippen LogP contribution in [0.4, 0.5) is 0 Å². The summed E-state index contributed by atoms with van der Waals surface area (Å²) in [6, 6.07) is 0.665. The number of hydrogen-bond donors (Lipinski definition) is 1. The molecule has 0 aromatic carbocycles. The summed E-state index contributed by atoms with van der Waals surface area (Å²) in [6.45, 7) is 6.53. The van der Waals surface area contributed by atoms with Crippen molar-refractivity contribution in [2.75, 3.05) is 7.11 Å². The Balaban J connectivity index is 2.39. The van der Waals surface area contributed by atoms with Crippen molar-refractivity contribution in [3.8, 4) is 5.75 Å². The van der Waals surface area contributed by atoms with E-state index in [9.17, 15) is 0 Å². The standard InChI is InChI=1S/C13H23N3O/c1-8(2)16-13(12(17-4)7-15-16)10-5-6-11(14)9(10)3/h7-11H,5-6,14H2,1-4H3. The van der Waals surface area contributed by atoms with Gasteiger partial charge in [0.1, 0.15) is 0 Å². The van der Waals surface area contributed by atoms with Crippen LogP contribution in [0.5, 0.6) is 5.75 Å². The van der Waals surface area contributed by atoms with E-state index >= 15 is 0 Å². The summed E-state index contributed by atoms with van der Waals surface area (Å²) < 4.78 is 7.53. The second-order valence-electron chi connectivity index (χ2n) is 5.34. The van der Waals surface area contributed by atoms with Gasteiger partial charge in [-0.1, -0.05) is 6.92 Å². The second kappa shape index (κ2) is 4.69. The third kappa shape index (κ3) is 2.06. The van der Waals surface area contributed by atoms with Crippen LogP contribution in [-0.2, 0) is 0 Å². The zero-order valence-electron chi connectivity index (χ0n) is 11.2. The molecule has 2 rings (SSSR count). The van der Waals surface area contributed by atoms with Crippen molar-refractivity contribution in [2.45, 2.75) is 51.6 Å². The van der Waals surface area contributed by atoms with Crippen molar-refractivity contribution in [1.29, 1.82) is 0 Å². The fraction of sp³-hybridized carbons (Fsp3) is 0.769. The van der Waals surface area contributed by atoms with Gasteiger partial charge in [0.05, 0.1) is 19.0 Å². The van der Waals surface area contributed by atoms with E-state index in [0.717, 1.165) is 18.6 Å². The molecule has 1 saturated carbocycles. The largest absolute Gasteiger partial charge is 0.493 e. The molecule has 1 heterocycles. The minimum atomic E-state index is 0.306. The number of nitrogens with zero attached hydrogens (tertiary/aromatic N) is 2. The Morgan fingerprint density at radius 2 is 2.18 bits per heavy atom. The lowest BCUT2D eigenvalue weighted by atomic mass is 9.92. The number of rotatable bonds is 3. The van der Waals surface area contributed by atoms with Crippen molar-refractivity contribution in [3.63, 3.8) is 0 Å². The molecule has 96 valence electrons. The van der Waals surface area contributed by atoms with Gasteiger partial charge < -0.3 is 10.5 Å². The highest BCUT2D eigenvalue weighted by Gasteiger charge is 2.35. The molecule has 0 amide bonds. The molecule has 0 radical (unpaired) electrons. The predicted molar refractivity (Wildman–Crippen MR) is 68.3 cm³/mol. The molecule has 1 aromatic heterocycles. The summed E-state index contributed by atoms with van der Waals surface area (Å²) in [5, 5.41) is 4.44. The zero-order valence-corrected chi connectivity index (χ0v) is 11.2. The zero-order chi connectivity index (χ0) is 12.6. The first kappa shape index (κ1) is 12.4. The summed E-state index contributed by atoms with van der Waals surface area (Å²) >= 11 is 0. The number of nitrogens with two attached hydrogens (primary N) is 1. The third-order valence-corrected chi connectivity index (χ3v) is 3.98. The van der Waals surface area contributed by atoms with Crippen LogP contribution in [0.3, 0.4) is 0 Å². The molecule has 1 fully saturated rings. The summed E-state index contributed by atoms with van der Waals surface area (Å²) in [5.41, 5.74) is 7.35. The van der Waals surface area contributed by atoms with E-state index in [2.05, 4.69) is 30.6 Å². The van der Waals surface area contributed by atoms with E-state index in [-0.39, 0.29) is 0 Å². The molecule has 2 N–H and O–H groups in total. The van der Waals surface area contributed by atoms with E-state index in [4.69, 9.17) is 10.5 Å². The van der Waals surface area contributed by atoms with E-state index < -0.39 is 0 Å². The monoisotopic (exact) mass is 237 g/mol. The van der Waals surface area contributed by atoms with Gasteiger partial charge >= 0.3 is 0 Å². The van der Waals surface area contributed by atoms with Crippen molar-refractivity contribution < 1.29 is 4.74 Å². The molecule has 3 atom stereocenters. The molecule has 1 aliphatic carbocycles. The Kier molecular flexibility index (Phi) is 3.43. The van der Waals surface area contributed by atoms with Crippen molar-refractivity contribution >= 4 is 0 Å². The minimum absolute atomic E-state index is 0.306. The molecule has 1 aliphatic rings. The second-order valence-corrected chi connectivity index (χ2v) is 5.34. The quantitative estimate of drug-likeness (QED) is 0.877. The van der Waals surface area contributed by atoms with Gasteiger partial charge in [-0.05, 0) is 32.6 Å². The highest BCUT2D eigenvalue weighted by atomic mass is 16.5. The maximum atomic E-state index is 6.12. The molecule has 0 bridgehead atoms. The summed E-state index contributed by atoms with van der Waals surface area (Å²) in [7, 11) is 1.71. The maximum absolute atomic E-state index is 6.12. The summed E-state index contributed by atoms with van der Waals surface area (Å²) in [4.78, 5) is 0. The molecule has 1 aromatic rings. The summed E-state index contributed by atoms with van der Waals surface area (Å²) in [5.74, 6) is 1.88. The normalized spacial score (nSPS) is 28.9. The van der Waals surface area contributed by atoms with Crippen molar-refractivity contribution in [3.05, 3.63) is 11.9 Å². The Morgan fingerprint density at radius 1 is 1.47 bits per heavy atom. The number of ether oxygens (including phenoxy) is 1. The number of aromatic nitrogens is 2. The SMILES string of the molecule is COc1cnn(C(C)C)c1C1CCC(N)C1C. The van der Waals surface area contributed by atoms with E-state index in [1.807, 2.05) is 6.20 Å². The average Bonchev–Trinajstić information content (AvgIpc) is 2.84. The van der Waals surface area contributed by atoms with Gasteiger partial charge in [-0.2, -0.15) is 5.10 Å². The molecular weight excluding hydrogens is 214 g/mol. The van der Waals surface area contributed by atoms with Crippen LogP contribution in [0.1, 0.15) is 51.3 Å². The highest BCUT2D eigenvalue weighted by Crippen LogP contribution is 2.42. The predicted octanol–water partition coefficient (Wildman–Crippen LogP) is 2.31. The number of hydrogen-bond acceptors (Lipinski definition) is 3. The lowest BCUT2D eigenvalue weighted by molar-refractivity contribution is 0.378. The van der Waals surface area contributed by atoms with Crippen LogP contribution >= 0.6 is 0 Å². The first-order chi connectivity index (χ1) is 8.06. The fourth-order valence-corrected chi connectivity index (χ4v) is 2.86. The summed E-state index contributed by atoms with van der Waals surface area (Å²) in [6.07, 6.45) is 4.06. The fourth-order valence-electron chi connectivity index (χ4n) is 2.86. The van der Waals surface area contributed by atoms with Crippen LogP contribution < -0.4 is 10.5 Å². The molecule has 3 unspecified atom stereocenters. The van der Waals surface area contributed by atoms with E-state index in [1.54, 1.807) is 7.11 Å². The van der Waals surface area contributed by atoms with Gasteiger partial charge in [0.25, 0.3) is 0 Å². The Hall–Kier alpha value is -1.03. The molecule has 0 spiro atoms. The Morgan fingerprint density at radius 3 is 2.65 bits per heavy atom. The van der Waals surface area contributed by atoms with E-state index in [1.165, 1.54) is 5.69 Å². The molecule has 0 aliphatic heterocycles. The Bertz CT molecular complexity index is 386. The van der Waals surface area contributed by atoms with Gasteiger partial charge in [0.2, 0.25) is 0 Å². The molecular formula is C13H23N3O. The Labute approximate surface area is 103 Å². The molecule has 4 heteroatoms. The van der Waals surface area contributed by atoms with Crippen LogP contribution in [-0.4, -0.2) is 22.9 Å². The van der Waals surface area contributed by atoms with Gasteiger partial charge in [0.15, 0.2) is 5.75 Å². The lowest BCUT2D eigenvalue weighted by Gasteiger charge is -2.22. The molecule has 17 heavy (non-hydrogen) atoms. The smallest absolute Gasteiger partial charge is 0.160 e. The van der Waals surface area contributed by atoms with Crippen molar-refractivity contribution in [1.82, 2.24) is 9.78 Å². The number of methoxy groups -OCH3 is 1. The maximum Gasteiger partial charge on any atom is 0.160 e. The van der Waals surface area contributed by atoms with Crippen LogP contribution in [0, 0.1) is 5.92 Å². The first-order valence-electron chi connectivity index (χ1n) is 6.43. The first-order valence-corrected chi connectivity index (χ1v) is 6.43. The van der Waals surface area contributed by atoms with Crippen LogP contribution in [0.15, 0.2) is 6.20 Å². The van der Waals surface area contributed by atoms with Gasteiger partial charge in [-0.15, -0.1) is 0 Å². The van der Waals surface area contributed by atoms with Gasteiger partial charge in [0, 0.05) is 18.0 Å². The lowest BCUT2D eigenvalue weighted by Crippen LogP contribution is -2.25. The van der Waals surface area contributed by atoms with Crippen molar-refractivity contribution in [2.24, 2.45) is 11.7 Å². The van der Waals surface area contributed by atoms with Gasteiger partial charge in [-0.3, -0.25) is 4.68 Å². The van der Waals surface area contributed by atoms with Gasteiger partial charge in [-0.25, -0.2) is 0 Å². The molecule has 0 saturated heterocycles.